The summed E-state index contributed by atoms with van der Waals surface area (Å²) < 4.78 is 0. The summed E-state index contributed by atoms with van der Waals surface area (Å²) in [4.78, 5) is 4.11. The summed E-state index contributed by atoms with van der Waals surface area (Å²) in [6.45, 7) is 5.69. The molecular weight excluding hydrogens is 146 g/mol. The molecule has 0 atom stereocenters. The molecule has 0 aliphatic carbocycles. The maximum Gasteiger partial charge on any atom is 0.0299 e. The quantitative estimate of drug-likeness (QED) is 0.557. The van der Waals surface area contributed by atoms with Crippen LogP contribution in [0.15, 0.2) is 53.2 Å². The summed E-state index contributed by atoms with van der Waals surface area (Å²) in [5, 5.41) is 0. The van der Waals surface area contributed by atoms with Crippen molar-refractivity contribution in [1.29, 1.82) is 0 Å². The highest BCUT2D eigenvalue weighted by atomic mass is 14.7. The summed E-state index contributed by atoms with van der Waals surface area (Å²) in [6.07, 6.45) is 12.5. The van der Waals surface area contributed by atoms with E-state index in [1.54, 1.807) is 6.08 Å². The van der Waals surface area contributed by atoms with Crippen LogP contribution in [0.4, 0.5) is 0 Å². The van der Waals surface area contributed by atoms with Gasteiger partial charge in [-0.2, -0.15) is 0 Å². The molecule has 1 aliphatic rings. The number of allylic oxidation sites excluding steroid dienone is 6. The normalized spacial score (nSPS) is 23.1. The van der Waals surface area contributed by atoms with Crippen molar-refractivity contribution in [3.8, 4) is 0 Å². The lowest BCUT2D eigenvalue weighted by Gasteiger charge is -1.98. The molecule has 62 valence electrons. The van der Waals surface area contributed by atoms with Gasteiger partial charge in [-0.25, -0.2) is 0 Å². The molecule has 1 nitrogen and oxygen atoms in total. The molecule has 1 heterocycles. The van der Waals surface area contributed by atoms with Gasteiger partial charge in [-0.15, -0.1) is 0 Å². The standard InChI is InChI=1S/C11H13N/c1-3-5-11-6-7-12-9-10(4-2)8-11/h3-7,9H,1,8H2,2H3/b10-4+,11-5-. The lowest BCUT2D eigenvalue weighted by molar-refractivity contribution is 1.24. The van der Waals surface area contributed by atoms with Crippen LogP contribution in [0, 0.1) is 0 Å². The van der Waals surface area contributed by atoms with Crippen molar-refractivity contribution in [2.24, 2.45) is 4.99 Å². The molecule has 0 aromatic carbocycles. The average molecular weight is 159 g/mol. The van der Waals surface area contributed by atoms with Gasteiger partial charge in [0.05, 0.1) is 0 Å². The zero-order valence-electron chi connectivity index (χ0n) is 7.33. The fourth-order valence-corrected chi connectivity index (χ4v) is 1.06. The first-order valence-electron chi connectivity index (χ1n) is 4.03. The summed E-state index contributed by atoms with van der Waals surface area (Å²) in [5.74, 6) is 0. The van der Waals surface area contributed by atoms with E-state index in [1.807, 2.05) is 31.5 Å². The minimum Gasteiger partial charge on any atom is -0.264 e. The zero-order valence-corrected chi connectivity index (χ0v) is 7.33. The van der Waals surface area contributed by atoms with E-state index >= 15 is 0 Å². The molecule has 0 radical (unpaired) electrons. The third-order valence-electron chi connectivity index (χ3n) is 1.73. The summed E-state index contributed by atoms with van der Waals surface area (Å²) in [7, 11) is 0. The maximum atomic E-state index is 4.11. The van der Waals surface area contributed by atoms with Crippen molar-refractivity contribution < 1.29 is 0 Å². The van der Waals surface area contributed by atoms with Crippen molar-refractivity contribution in [3.63, 3.8) is 0 Å². The first-order chi connectivity index (χ1) is 5.86. The topological polar surface area (TPSA) is 12.4 Å². The average Bonchev–Trinajstić information content (AvgIpc) is 2.30. The van der Waals surface area contributed by atoms with E-state index < -0.39 is 0 Å². The molecule has 12 heavy (non-hydrogen) atoms. The van der Waals surface area contributed by atoms with Crippen molar-refractivity contribution in [1.82, 2.24) is 0 Å². The number of aliphatic imine (C=N–C) groups is 1. The molecule has 0 saturated carbocycles. The van der Waals surface area contributed by atoms with Gasteiger partial charge in [0.25, 0.3) is 0 Å². The number of hydrogen-bond donors (Lipinski definition) is 0. The van der Waals surface area contributed by atoms with Crippen LogP contribution in [0.2, 0.25) is 0 Å². The molecule has 1 heteroatoms. The van der Waals surface area contributed by atoms with Crippen LogP contribution in [0.5, 0.6) is 0 Å². The van der Waals surface area contributed by atoms with Gasteiger partial charge in [0, 0.05) is 12.4 Å². The molecule has 0 N–H and O–H groups in total. The Morgan fingerprint density at radius 1 is 1.50 bits per heavy atom. The summed E-state index contributed by atoms with van der Waals surface area (Å²) >= 11 is 0. The Kier molecular flexibility index (Phi) is 3.27. The molecule has 0 aromatic rings. The molecule has 0 aromatic heterocycles. The Morgan fingerprint density at radius 2 is 2.33 bits per heavy atom. The van der Waals surface area contributed by atoms with Gasteiger partial charge in [0.1, 0.15) is 0 Å². The highest BCUT2D eigenvalue weighted by Gasteiger charge is 1.98. The SMILES string of the molecule is C=C/C=C1/C=CN=C/C(=C/C)C1. The van der Waals surface area contributed by atoms with Gasteiger partial charge < -0.3 is 0 Å². The third kappa shape index (κ3) is 2.35. The second-order valence-corrected chi connectivity index (χ2v) is 2.61. The molecular formula is C11H13N. The van der Waals surface area contributed by atoms with Crippen LogP contribution < -0.4 is 0 Å². The summed E-state index contributed by atoms with van der Waals surface area (Å²) in [6, 6.07) is 0. The van der Waals surface area contributed by atoms with Crippen molar-refractivity contribution >= 4 is 6.21 Å². The highest BCUT2D eigenvalue weighted by Crippen LogP contribution is 2.13. The predicted molar refractivity (Wildman–Crippen MR) is 54.3 cm³/mol. The molecule has 0 unspecified atom stereocenters. The van der Waals surface area contributed by atoms with E-state index in [-0.39, 0.29) is 0 Å². The predicted octanol–water partition coefficient (Wildman–Crippen LogP) is 3.03. The fourth-order valence-electron chi connectivity index (χ4n) is 1.06. The molecule has 1 rings (SSSR count). The second-order valence-electron chi connectivity index (χ2n) is 2.61. The van der Waals surface area contributed by atoms with E-state index in [9.17, 15) is 0 Å². The Labute approximate surface area is 73.5 Å². The molecule has 0 bridgehead atoms. The molecule has 1 aliphatic heterocycles. The van der Waals surface area contributed by atoms with E-state index in [2.05, 4.69) is 17.6 Å². The van der Waals surface area contributed by atoms with Crippen LogP contribution in [0.1, 0.15) is 13.3 Å². The van der Waals surface area contributed by atoms with Crippen LogP contribution in [-0.2, 0) is 0 Å². The lowest BCUT2D eigenvalue weighted by Crippen LogP contribution is -1.84. The number of hydrogen-bond acceptors (Lipinski definition) is 1. The van der Waals surface area contributed by atoms with E-state index in [0.717, 1.165) is 6.42 Å². The van der Waals surface area contributed by atoms with Gasteiger partial charge in [0.15, 0.2) is 0 Å². The first-order valence-corrected chi connectivity index (χ1v) is 4.03. The van der Waals surface area contributed by atoms with Crippen LogP contribution >= 0.6 is 0 Å². The first kappa shape index (κ1) is 8.72. The van der Waals surface area contributed by atoms with Gasteiger partial charge in [-0.05, 0) is 30.6 Å². The maximum absolute atomic E-state index is 4.11. The third-order valence-corrected chi connectivity index (χ3v) is 1.73. The monoisotopic (exact) mass is 159 g/mol. The van der Waals surface area contributed by atoms with E-state index in [0.29, 0.717) is 0 Å². The minimum atomic E-state index is 0.947. The molecule has 0 fully saturated rings. The van der Waals surface area contributed by atoms with Gasteiger partial charge in [0.2, 0.25) is 0 Å². The van der Waals surface area contributed by atoms with E-state index in [1.165, 1.54) is 11.1 Å². The largest absolute Gasteiger partial charge is 0.264 e. The summed E-state index contributed by atoms with van der Waals surface area (Å²) in [5.41, 5.74) is 2.49. The molecule has 0 spiro atoms. The minimum absolute atomic E-state index is 0.947. The Hall–Kier alpha value is -1.37. The van der Waals surface area contributed by atoms with Gasteiger partial charge in [-0.1, -0.05) is 24.8 Å². The molecule has 0 saturated heterocycles. The van der Waals surface area contributed by atoms with Crippen molar-refractivity contribution in [3.05, 3.63) is 48.2 Å². The number of rotatable bonds is 1. The zero-order chi connectivity index (χ0) is 8.81. The fraction of sp³-hybridized carbons (Fsp3) is 0.182. The smallest absolute Gasteiger partial charge is 0.0299 e. The van der Waals surface area contributed by atoms with Crippen LogP contribution in [0.3, 0.4) is 0 Å². The number of nitrogens with zero attached hydrogens (tertiary/aromatic N) is 1. The Balaban J connectivity index is 2.84. The van der Waals surface area contributed by atoms with Crippen LogP contribution in [-0.4, -0.2) is 6.21 Å². The Morgan fingerprint density at radius 3 is 3.00 bits per heavy atom. The van der Waals surface area contributed by atoms with Crippen LogP contribution in [0.25, 0.3) is 0 Å². The van der Waals surface area contributed by atoms with E-state index in [4.69, 9.17) is 0 Å². The van der Waals surface area contributed by atoms with Crippen molar-refractivity contribution in [2.45, 2.75) is 13.3 Å². The van der Waals surface area contributed by atoms with Crippen molar-refractivity contribution in [2.75, 3.05) is 0 Å². The lowest BCUT2D eigenvalue weighted by atomic mass is 10.1. The van der Waals surface area contributed by atoms with Gasteiger partial charge in [-0.3, -0.25) is 4.99 Å². The molecule has 0 amide bonds. The second kappa shape index (κ2) is 4.50. The Bertz CT molecular complexity index is 277. The van der Waals surface area contributed by atoms with Gasteiger partial charge >= 0.3 is 0 Å². The highest BCUT2D eigenvalue weighted by molar-refractivity contribution is 5.80.